The number of nitrogens with zero attached hydrogens (tertiary/aromatic N) is 6. The number of aliphatic hydroxyl groups excluding tert-OH is 1. The average Bonchev–Trinajstić information content (AvgIpc) is 3.97. The van der Waals surface area contributed by atoms with Crippen LogP contribution in [0.25, 0.3) is 0 Å². The number of aromatic amines is 4. The fourth-order valence-corrected chi connectivity index (χ4v) is 3.33. The summed E-state index contributed by atoms with van der Waals surface area (Å²) in [6.07, 6.45) is 11.9. The third-order valence-electron chi connectivity index (χ3n) is 5.37. The number of anilines is 3. The number of nitrogen functional groups attached to an aromatic ring is 1. The van der Waals surface area contributed by atoms with E-state index in [9.17, 15) is 19.5 Å². The minimum atomic E-state index is -0.978. The fraction of sp³-hybridized carbons (Fsp3) is 0.400. The van der Waals surface area contributed by atoms with Gasteiger partial charge in [-0.2, -0.15) is 0 Å². The minimum Gasteiger partial charge on any atom is -0.616 e. The number of hydrogen-bond acceptors (Lipinski definition) is 18. The summed E-state index contributed by atoms with van der Waals surface area (Å²) in [4.78, 5) is 68.5. The van der Waals surface area contributed by atoms with Crippen LogP contribution < -0.4 is 75.2 Å². The number of imidazole rings is 4. The maximum atomic E-state index is 10.4. The molecule has 0 spiro atoms. The first-order chi connectivity index (χ1) is 25.7. The largest absolute Gasteiger partial charge is 1.00 e. The van der Waals surface area contributed by atoms with Gasteiger partial charge in [0.1, 0.15) is 6.04 Å². The van der Waals surface area contributed by atoms with Crippen molar-refractivity contribution in [1.29, 1.82) is 0 Å². The van der Waals surface area contributed by atoms with Crippen molar-refractivity contribution >= 4 is 60.7 Å². The molecule has 0 aliphatic rings. The number of aliphatic hydroxyl groups is 1. The van der Waals surface area contributed by atoms with E-state index < -0.39 is 29.9 Å². The second-order valence-corrected chi connectivity index (χ2v) is 9.98. The van der Waals surface area contributed by atoms with Crippen molar-refractivity contribution in [2.24, 2.45) is 16.1 Å². The molecule has 59 heavy (non-hydrogen) atoms. The summed E-state index contributed by atoms with van der Waals surface area (Å²) >= 11 is 0. The molecule has 4 aromatic heterocycles. The van der Waals surface area contributed by atoms with Gasteiger partial charge in [-0.3, -0.25) is 19.4 Å². The van der Waals surface area contributed by atoms with Crippen LogP contribution in [0.1, 0.15) is 59.8 Å². The van der Waals surface area contributed by atoms with E-state index in [-0.39, 0.29) is 97.5 Å². The monoisotopic (exact) mass is 881 g/mol. The third kappa shape index (κ3) is 40.0. The molecule has 0 saturated carbocycles. The predicted octanol–water partition coefficient (Wildman–Crippen LogP) is -4.08. The molecule has 0 radical (unpaired) electrons. The van der Waals surface area contributed by atoms with E-state index in [0.717, 1.165) is 22.9 Å². The van der Waals surface area contributed by atoms with Gasteiger partial charge in [0.15, 0.2) is 5.95 Å². The van der Waals surface area contributed by atoms with Crippen molar-refractivity contribution in [3.63, 3.8) is 0 Å². The molecule has 29 heteroatoms. The Balaban J connectivity index is -0.0000000910. The van der Waals surface area contributed by atoms with Crippen LogP contribution in [0, 0.1) is 10.1 Å². The number of methoxy groups -OCH3 is 1. The molecule has 0 saturated heterocycles. The van der Waals surface area contributed by atoms with Crippen molar-refractivity contribution in [2.75, 3.05) is 29.6 Å². The van der Waals surface area contributed by atoms with Crippen molar-refractivity contribution in [3.05, 3.63) is 76.1 Å². The molecule has 0 fully saturated rings. The van der Waals surface area contributed by atoms with Crippen molar-refractivity contribution in [3.8, 4) is 0 Å². The molecule has 25 nitrogen and oxygen atoms in total. The smallest absolute Gasteiger partial charge is 0.616 e. The molecule has 4 aromatic rings. The molecule has 0 aromatic carbocycles. The van der Waals surface area contributed by atoms with Crippen LogP contribution in [-0.2, 0) is 44.8 Å². The number of aliphatic carboxylic acids is 3. The number of aryl methyl sites for hydroxylation is 1. The van der Waals surface area contributed by atoms with Gasteiger partial charge in [0.2, 0.25) is 11.9 Å². The summed E-state index contributed by atoms with van der Waals surface area (Å²) in [7, 11) is 5.96. The number of aromatic nitrogens is 8. The Morgan fingerprint density at radius 2 is 1.41 bits per heavy atom. The van der Waals surface area contributed by atoms with Crippen LogP contribution in [-0.4, -0.2) is 104 Å². The number of rotatable bonds is 14. The topological polar surface area (TPSA) is 420 Å². The number of hydrogen-bond donors (Lipinski definition) is 12. The summed E-state index contributed by atoms with van der Waals surface area (Å²) < 4.78 is 4.24. The normalized spacial score (nSPS) is 9.56. The van der Waals surface area contributed by atoms with Crippen molar-refractivity contribution in [1.82, 2.24) is 39.9 Å². The zero-order valence-corrected chi connectivity index (χ0v) is 35.3. The standard InChI is InChI=1S/C7H13N4O2P.C5H7N3O2.C5H10N3OP.C5H6N2O2.C5H9NO2.3CH4.Li.HNO2.Na/c8-5(6(12)13)2-1-4-3-9-7(10-4)11-14;6-5-7-2-3(8-5)1-4(9)10;9-2-1-4-3-6-5(7-4)8-10;8-5(9)1-4-2-6-3-7-4;1-3-6-4-5(7)8-2;;;;;2-1-3;/h3,5H,1-2,8,14H2,(H,12,13)(H2,9,10,11);2H,1H2,(H,9,10)(H3,6,7,8);3,9H,1-2,10H2,(H2,6,7,8);2-3H,1H2,(H,6,7)(H,8,9);3-4,7H,1-2H3;3*1H4;;(H,2,3);/q;;;;;;;;+1;;+1/p-1/b;;;;5-4+,6-3?;;;;;;. The Kier molecular flexibility index (Phi) is 52.1. The van der Waals surface area contributed by atoms with Gasteiger partial charge in [-0.15, -0.1) is 5.34 Å². The molecule has 324 valence electrons. The Morgan fingerprint density at radius 1 is 0.932 bits per heavy atom. The quantitative estimate of drug-likeness (QED) is 0.0143. The van der Waals surface area contributed by atoms with Crippen LogP contribution in [0.5, 0.6) is 0 Å². The summed E-state index contributed by atoms with van der Waals surface area (Å²) in [5.41, 5.74) is 13.5. The molecule has 0 aliphatic carbocycles. The van der Waals surface area contributed by atoms with E-state index in [1.165, 1.54) is 32.0 Å². The Hall–Kier alpha value is -4.56. The fourth-order valence-electron chi connectivity index (χ4n) is 3.04. The van der Waals surface area contributed by atoms with Gasteiger partial charge in [-0.1, -0.05) is 22.3 Å². The summed E-state index contributed by atoms with van der Waals surface area (Å²) in [5, 5.41) is 58.3. The molecule has 4 heterocycles. The number of carbonyl (C=O) groups is 3. The van der Waals surface area contributed by atoms with E-state index in [4.69, 9.17) is 42.0 Å². The van der Waals surface area contributed by atoms with E-state index >= 15 is 0 Å². The molecule has 3 atom stereocenters. The van der Waals surface area contributed by atoms with Gasteiger partial charge >= 0.3 is 67.8 Å². The molecule has 0 bridgehead atoms. The van der Waals surface area contributed by atoms with E-state index in [0.29, 0.717) is 42.5 Å². The van der Waals surface area contributed by atoms with Crippen LogP contribution in [0.4, 0.5) is 17.8 Å². The zero-order chi connectivity index (χ0) is 41.3. The van der Waals surface area contributed by atoms with Crippen molar-refractivity contribution < 1.29 is 94.5 Å². The zero-order valence-electron chi connectivity index (χ0n) is 32.0. The first-order valence-corrected chi connectivity index (χ1v) is 16.0. The maximum Gasteiger partial charge on any atom is 1.00 e. The molecular formula is C30H57LiN14NaO11P2+. The second kappa shape index (κ2) is 44.5. The van der Waals surface area contributed by atoms with E-state index in [1.54, 1.807) is 19.3 Å². The van der Waals surface area contributed by atoms with Crippen LogP contribution >= 0.6 is 18.8 Å². The van der Waals surface area contributed by atoms with Gasteiger partial charge in [-0.05, 0) is 45.7 Å². The average molecular weight is 882 g/mol. The second-order valence-electron chi connectivity index (χ2n) is 9.41. The van der Waals surface area contributed by atoms with Gasteiger partial charge < -0.3 is 82.0 Å². The van der Waals surface area contributed by atoms with Crippen LogP contribution in [0.2, 0.25) is 0 Å². The molecule has 0 amide bonds. The Bertz CT molecular complexity index is 1670. The van der Waals surface area contributed by atoms with Gasteiger partial charge in [0.25, 0.3) is 0 Å². The van der Waals surface area contributed by atoms with Gasteiger partial charge in [-0.25, -0.2) is 19.9 Å². The Labute approximate surface area is 382 Å². The minimum absolute atomic E-state index is 0. The van der Waals surface area contributed by atoms with Crippen LogP contribution in [0.3, 0.4) is 0 Å². The number of carboxylic acid groups (broad SMARTS) is 3. The maximum absolute atomic E-state index is 10.4. The number of nitrogens with one attached hydrogen (secondary N) is 6. The summed E-state index contributed by atoms with van der Waals surface area (Å²) in [6.45, 7) is 1.87. The van der Waals surface area contributed by atoms with Gasteiger partial charge in [0, 0.05) is 54.4 Å². The van der Waals surface area contributed by atoms with E-state index in [2.05, 4.69) is 78.6 Å². The van der Waals surface area contributed by atoms with Crippen molar-refractivity contribution in [2.45, 2.75) is 67.3 Å². The number of aliphatic imine (C=N–C) groups is 1. The Morgan fingerprint density at radius 3 is 1.75 bits per heavy atom. The molecule has 4 rings (SSSR count). The van der Waals surface area contributed by atoms with E-state index in [1.807, 2.05) is 0 Å². The molecule has 14 N–H and O–H groups in total. The summed E-state index contributed by atoms with van der Waals surface area (Å²) in [5.74, 6) is -1.57. The predicted molar refractivity (Wildman–Crippen MR) is 223 cm³/mol. The molecular weight excluding hydrogens is 824 g/mol. The SMILES string of the molecule is C.C.C.CC=N/C=C(\[O-])OC.NC(CCc1cnc(NP)[nH]1)C(=O)O.Nc1ncc(CC(=O)O)[nH]1.O=C(O)Cc1cnc[nH]1.O=N[O-].OCCc1cnc(NP)[nH]1.[H+].[Li+].[Na+]. The van der Waals surface area contributed by atoms with Crippen LogP contribution in [0.15, 0.2) is 53.6 Å². The summed E-state index contributed by atoms with van der Waals surface area (Å²) in [6, 6.07) is -0.814. The first-order valence-electron chi connectivity index (χ1n) is 14.8. The third-order valence-corrected chi connectivity index (χ3v) is 5.92. The number of carboxylic acids is 3. The number of nitrogens with two attached hydrogens (primary N) is 2. The molecule has 3 unspecified atom stereocenters. The molecule has 0 aliphatic heterocycles. The number of ether oxygens (including phenoxy) is 1. The number of H-pyrrole nitrogens is 4. The first kappa shape index (κ1) is 69.1. The van der Waals surface area contributed by atoms with Gasteiger partial charge in [0.05, 0.1) is 43.7 Å².